The van der Waals surface area contributed by atoms with Gasteiger partial charge in [0.25, 0.3) is 5.56 Å². The van der Waals surface area contributed by atoms with E-state index in [0.717, 1.165) is 10.4 Å². The minimum absolute atomic E-state index is 0.113. The molecule has 1 N–H and O–H groups in total. The number of hydrogen-bond acceptors (Lipinski definition) is 4. The van der Waals surface area contributed by atoms with Crippen molar-refractivity contribution in [1.29, 1.82) is 0 Å². The summed E-state index contributed by atoms with van der Waals surface area (Å²) in [5, 5.41) is 3.07. The number of benzene rings is 2. The zero-order chi connectivity index (χ0) is 18.1. The van der Waals surface area contributed by atoms with Crippen LogP contribution in [0.1, 0.15) is 5.56 Å². The lowest BCUT2D eigenvalue weighted by molar-refractivity contribution is 0.612. The van der Waals surface area contributed by atoms with E-state index in [4.69, 9.17) is 0 Å². The molecule has 0 spiro atoms. The molecule has 0 amide bonds. The van der Waals surface area contributed by atoms with Gasteiger partial charge in [-0.05, 0) is 17.7 Å². The van der Waals surface area contributed by atoms with Gasteiger partial charge in [0.2, 0.25) is 5.95 Å². The number of thiophene rings is 1. The Kier molecular flexibility index (Phi) is 4.26. The van der Waals surface area contributed by atoms with Crippen molar-refractivity contribution in [2.45, 2.75) is 6.54 Å². The van der Waals surface area contributed by atoms with E-state index in [0.29, 0.717) is 21.7 Å². The molecular formula is C20H16FN3OS. The van der Waals surface area contributed by atoms with Gasteiger partial charge in [0.15, 0.2) is 0 Å². The largest absolute Gasteiger partial charge is 0.351 e. The van der Waals surface area contributed by atoms with E-state index >= 15 is 0 Å². The second-order valence-electron chi connectivity index (χ2n) is 5.94. The van der Waals surface area contributed by atoms with E-state index in [-0.39, 0.29) is 17.9 Å². The molecule has 6 heteroatoms. The van der Waals surface area contributed by atoms with Crippen molar-refractivity contribution < 1.29 is 4.39 Å². The summed E-state index contributed by atoms with van der Waals surface area (Å²) in [6.07, 6.45) is 0. The highest BCUT2D eigenvalue weighted by Gasteiger charge is 2.13. The molecule has 26 heavy (non-hydrogen) atoms. The highest BCUT2D eigenvalue weighted by molar-refractivity contribution is 7.22. The maximum Gasteiger partial charge on any atom is 0.272 e. The van der Waals surface area contributed by atoms with Gasteiger partial charge in [-0.1, -0.05) is 48.5 Å². The number of nitrogens with zero attached hydrogens (tertiary/aromatic N) is 2. The number of anilines is 1. The van der Waals surface area contributed by atoms with Gasteiger partial charge in [-0.25, -0.2) is 9.37 Å². The molecule has 130 valence electrons. The predicted octanol–water partition coefficient (Wildman–Crippen LogP) is 4.41. The van der Waals surface area contributed by atoms with Crippen molar-refractivity contribution in [3.63, 3.8) is 0 Å². The van der Waals surface area contributed by atoms with Crippen LogP contribution in [0.25, 0.3) is 20.7 Å². The normalized spacial score (nSPS) is 11.0. The Morgan fingerprint density at radius 3 is 2.62 bits per heavy atom. The van der Waals surface area contributed by atoms with Crippen LogP contribution < -0.4 is 10.9 Å². The van der Waals surface area contributed by atoms with Crippen molar-refractivity contribution in [2.24, 2.45) is 7.05 Å². The zero-order valence-electron chi connectivity index (χ0n) is 14.1. The quantitative estimate of drug-likeness (QED) is 0.583. The fourth-order valence-corrected chi connectivity index (χ4v) is 3.85. The summed E-state index contributed by atoms with van der Waals surface area (Å²) in [6.45, 7) is 0.258. The average Bonchev–Trinajstić information content (AvgIpc) is 3.10. The van der Waals surface area contributed by atoms with Gasteiger partial charge in [-0.3, -0.25) is 9.36 Å². The van der Waals surface area contributed by atoms with Gasteiger partial charge >= 0.3 is 0 Å². The highest BCUT2D eigenvalue weighted by Crippen LogP contribution is 2.31. The molecule has 0 saturated heterocycles. The van der Waals surface area contributed by atoms with Crippen LogP contribution >= 0.6 is 11.3 Å². The molecule has 0 unspecified atom stereocenters. The first kappa shape index (κ1) is 16.5. The Bertz CT molecular complexity index is 1130. The standard InChI is InChI=1S/C20H16FN3OS/c1-24-19(25)18-16(11-17(26-18)13-7-3-2-4-8-13)23-20(24)22-12-14-9-5-6-10-15(14)21/h2-11H,12H2,1H3,(H,22,23). The van der Waals surface area contributed by atoms with E-state index < -0.39 is 0 Å². The van der Waals surface area contributed by atoms with E-state index in [1.807, 2.05) is 36.4 Å². The summed E-state index contributed by atoms with van der Waals surface area (Å²) in [4.78, 5) is 18.3. The van der Waals surface area contributed by atoms with Gasteiger partial charge in [-0.15, -0.1) is 11.3 Å². The minimum atomic E-state index is -0.284. The van der Waals surface area contributed by atoms with Crippen LogP contribution in [0.4, 0.5) is 10.3 Å². The van der Waals surface area contributed by atoms with E-state index in [1.165, 1.54) is 22.0 Å². The first-order chi connectivity index (χ1) is 12.6. The maximum atomic E-state index is 13.8. The molecule has 2 heterocycles. The second kappa shape index (κ2) is 6.72. The Morgan fingerprint density at radius 2 is 1.85 bits per heavy atom. The third-order valence-corrected chi connectivity index (χ3v) is 5.37. The van der Waals surface area contributed by atoms with Gasteiger partial charge in [0.05, 0.1) is 5.52 Å². The molecule has 2 aromatic heterocycles. The zero-order valence-corrected chi connectivity index (χ0v) is 14.9. The summed E-state index contributed by atoms with van der Waals surface area (Å²) < 4.78 is 15.9. The second-order valence-corrected chi connectivity index (χ2v) is 6.99. The molecule has 0 bridgehead atoms. The SMILES string of the molecule is Cn1c(NCc2ccccc2F)nc2cc(-c3ccccc3)sc2c1=O. The van der Waals surface area contributed by atoms with E-state index in [1.54, 1.807) is 25.2 Å². The summed E-state index contributed by atoms with van der Waals surface area (Å²) in [5.74, 6) is 0.135. The van der Waals surface area contributed by atoms with Gasteiger partial charge < -0.3 is 5.32 Å². The topological polar surface area (TPSA) is 46.9 Å². The molecule has 0 aliphatic rings. The first-order valence-electron chi connectivity index (χ1n) is 8.17. The molecule has 0 atom stereocenters. The van der Waals surface area contributed by atoms with Crippen LogP contribution in [0.3, 0.4) is 0 Å². The fourth-order valence-electron chi connectivity index (χ4n) is 2.77. The average molecular weight is 365 g/mol. The van der Waals surface area contributed by atoms with Crippen LogP contribution in [0.15, 0.2) is 65.5 Å². The third kappa shape index (κ3) is 2.99. The summed E-state index contributed by atoms with van der Waals surface area (Å²) in [6, 6.07) is 18.4. The fraction of sp³-hybridized carbons (Fsp3) is 0.100. The lowest BCUT2D eigenvalue weighted by atomic mass is 10.2. The van der Waals surface area contributed by atoms with Gasteiger partial charge in [-0.2, -0.15) is 0 Å². The molecule has 0 fully saturated rings. The van der Waals surface area contributed by atoms with Gasteiger partial charge in [0.1, 0.15) is 10.5 Å². The molecule has 0 aliphatic carbocycles. The Balaban J connectivity index is 1.71. The van der Waals surface area contributed by atoms with Crippen LogP contribution in [0.2, 0.25) is 0 Å². The van der Waals surface area contributed by atoms with Crippen LogP contribution in [0.5, 0.6) is 0 Å². The van der Waals surface area contributed by atoms with Crippen LogP contribution in [0, 0.1) is 5.82 Å². The molecule has 0 aliphatic heterocycles. The molecule has 0 radical (unpaired) electrons. The summed E-state index contributed by atoms with van der Waals surface area (Å²) >= 11 is 1.43. The highest BCUT2D eigenvalue weighted by atomic mass is 32.1. The van der Waals surface area contributed by atoms with E-state index in [2.05, 4.69) is 10.3 Å². The number of fused-ring (bicyclic) bond motifs is 1. The van der Waals surface area contributed by atoms with Crippen molar-refractivity contribution >= 4 is 27.5 Å². The van der Waals surface area contributed by atoms with Crippen molar-refractivity contribution in [1.82, 2.24) is 9.55 Å². The van der Waals surface area contributed by atoms with E-state index in [9.17, 15) is 9.18 Å². The molecule has 2 aromatic carbocycles. The third-order valence-electron chi connectivity index (χ3n) is 4.21. The lowest BCUT2D eigenvalue weighted by Gasteiger charge is -2.10. The predicted molar refractivity (Wildman–Crippen MR) is 104 cm³/mol. The van der Waals surface area contributed by atoms with Gasteiger partial charge in [0, 0.05) is 24.0 Å². The number of nitrogens with one attached hydrogen (secondary N) is 1. The van der Waals surface area contributed by atoms with Crippen molar-refractivity contribution in [2.75, 3.05) is 5.32 Å². The number of halogens is 1. The Morgan fingerprint density at radius 1 is 1.12 bits per heavy atom. The molecule has 4 rings (SSSR count). The Hall–Kier alpha value is -2.99. The monoisotopic (exact) mass is 365 g/mol. The lowest BCUT2D eigenvalue weighted by Crippen LogP contribution is -2.21. The molecular weight excluding hydrogens is 349 g/mol. The molecule has 0 saturated carbocycles. The summed E-state index contributed by atoms with van der Waals surface area (Å²) in [5.41, 5.74) is 2.11. The van der Waals surface area contributed by atoms with Crippen molar-refractivity contribution in [3.05, 3.63) is 82.4 Å². The number of rotatable bonds is 4. The van der Waals surface area contributed by atoms with Crippen molar-refractivity contribution in [3.8, 4) is 10.4 Å². The minimum Gasteiger partial charge on any atom is -0.351 e. The number of hydrogen-bond donors (Lipinski definition) is 1. The summed E-state index contributed by atoms with van der Waals surface area (Å²) in [7, 11) is 1.67. The van der Waals surface area contributed by atoms with Crippen LogP contribution in [-0.4, -0.2) is 9.55 Å². The first-order valence-corrected chi connectivity index (χ1v) is 8.98. The number of aromatic nitrogens is 2. The smallest absolute Gasteiger partial charge is 0.272 e. The molecule has 4 aromatic rings. The Labute approximate surface area is 153 Å². The maximum absolute atomic E-state index is 13.8. The molecule has 4 nitrogen and oxygen atoms in total. The van der Waals surface area contributed by atoms with Crippen LogP contribution in [-0.2, 0) is 13.6 Å².